The van der Waals surface area contributed by atoms with Gasteiger partial charge in [-0.15, -0.1) is 0 Å². The minimum atomic E-state index is 0.138. The number of nitrogens with zero attached hydrogens (tertiary/aromatic N) is 2. The second-order valence-corrected chi connectivity index (χ2v) is 4.71. The Kier molecular flexibility index (Phi) is 3.31. The van der Waals surface area contributed by atoms with E-state index in [4.69, 9.17) is 4.74 Å². The third-order valence-corrected chi connectivity index (χ3v) is 3.36. The Hall–Kier alpha value is -2.82. The number of aryl methyl sites for hydroxylation is 1. The monoisotopic (exact) mass is 281 g/mol. The van der Waals surface area contributed by atoms with Crippen molar-refractivity contribution in [3.8, 4) is 34.0 Å². The first-order valence-electron chi connectivity index (χ1n) is 6.53. The number of rotatable bonds is 3. The van der Waals surface area contributed by atoms with E-state index in [0.717, 1.165) is 22.5 Å². The highest BCUT2D eigenvalue weighted by molar-refractivity contribution is 5.82. The quantitative estimate of drug-likeness (QED) is 0.773. The Labute approximate surface area is 122 Å². The first kappa shape index (κ1) is 13.2. The van der Waals surface area contributed by atoms with Gasteiger partial charge in [-0.3, -0.25) is 10.1 Å². The van der Waals surface area contributed by atoms with Gasteiger partial charge in [-0.1, -0.05) is 6.07 Å². The van der Waals surface area contributed by atoms with Gasteiger partial charge >= 0.3 is 0 Å². The van der Waals surface area contributed by atoms with E-state index in [1.165, 1.54) is 0 Å². The molecule has 0 saturated heterocycles. The van der Waals surface area contributed by atoms with Crippen LogP contribution in [0, 0.1) is 6.92 Å². The lowest BCUT2D eigenvalue weighted by molar-refractivity contribution is 0.405. The average molecular weight is 281 g/mol. The average Bonchev–Trinajstić information content (AvgIpc) is 2.99. The number of hydrogen-bond acceptors (Lipinski definition) is 4. The molecule has 3 rings (SSSR count). The van der Waals surface area contributed by atoms with Gasteiger partial charge in [0.05, 0.1) is 24.7 Å². The SMILES string of the molecule is COc1cc(O)c(-c2[nH]ncc2-c2ccccn2)cc1C. The van der Waals surface area contributed by atoms with Crippen molar-refractivity contribution in [2.45, 2.75) is 6.92 Å². The smallest absolute Gasteiger partial charge is 0.128 e. The molecule has 0 aliphatic rings. The number of aromatic hydroxyl groups is 1. The molecule has 0 fully saturated rings. The summed E-state index contributed by atoms with van der Waals surface area (Å²) >= 11 is 0. The Morgan fingerprint density at radius 1 is 1.19 bits per heavy atom. The standard InChI is InChI=1S/C16H15N3O2/c1-10-7-11(14(20)8-15(10)21-2)16-12(9-18-19-16)13-5-3-4-6-17-13/h3-9,20H,1-2H3,(H,18,19). The van der Waals surface area contributed by atoms with Crippen molar-refractivity contribution in [3.05, 3.63) is 48.3 Å². The van der Waals surface area contributed by atoms with E-state index in [0.29, 0.717) is 11.3 Å². The summed E-state index contributed by atoms with van der Waals surface area (Å²) in [6.45, 7) is 1.93. The molecule has 0 spiro atoms. The van der Waals surface area contributed by atoms with E-state index >= 15 is 0 Å². The zero-order valence-electron chi connectivity index (χ0n) is 11.8. The number of aromatic nitrogens is 3. The number of pyridine rings is 1. The topological polar surface area (TPSA) is 71.0 Å². The number of ether oxygens (including phenoxy) is 1. The molecule has 0 amide bonds. The van der Waals surface area contributed by atoms with Crippen LogP contribution >= 0.6 is 0 Å². The van der Waals surface area contributed by atoms with Crippen LogP contribution in [0.1, 0.15) is 5.56 Å². The zero-order chi connectivity index (χ0) is 14.8. The fourth-order valence-electron chi connectivity index (χ4n) is 2.31. The third kappa shape index (κ3) is 2.33. The van der Waals surface area contributed by atoms with Crippen LogP contribution in [-0.2, 0) is 0 Å². The fraction of sp³-hybridized carbons (Fsp3) is 0.125. The van der Waals surface area contributed by atoms with Crippen molar-refractivity contribution in [2.75, 3.05) is 7.11 Å². The van der Waals surface area contributed by atoms with Gasteiger partial charge in [-0.05, 0) is 30.7 Å². The number of aromatic amines is 1. The van der Waals surface area contributed by atoms with Crippen molar-refractivity contribution < 1.29 is 9.84 Å². The molecule has 0 bridgehead atoms. The summed E-state index contributed by atoms with van der Waals surface area (Å²) in [5, 5.41) is 17.3. The van der Waals surface area contributed by atoms with E-state index < -0.39 is 0 Å². The molecule has 0 atom stereocenters. The summed E-state index contributed by atoms with van der Waals surface area (Å²) in [6.07, 6.45) is 3.43. The second-order valence-electron chi connectivity index (χ2n) is 4.71. The van der Waals surface area contributed by atoms with Gasteiger partial charge in [0.1, 0.15) is 11.5 Å². The van der Waals surface area contributed by atoms with Gasteiger partial charge in [-0.2, -0.15) is 5.10 Å². The van der Waals surface area contributed by atoms with Gasteiger partial charge in [0.2, 0.25) is 0 Å². The molecule has 5 heteroatoms. The molecule has 1 aromatic carbocycles. The molecule has 0 radical (unpaired) electrons. The summed E-state index contributed by atoms with van der Waals surface area (Å²) in [7, 11) is 1.58. The third-order valence-electron chi connectivity index (χ3n) is 3.36. The van der Waals surface area contributed by atoms with Crippen molar-refractivity contribution in [1.82, 2.24) is 15.2 Å². The van der Waals surface area contributed by atoms with E-state index in [1.807, 2.05) is 31.2 Å². The predicted octanol–water partition coefficient (Wildman–Crippen LogP) is 3.16. The number of phenols is 1. The highest BCUT2D eigenvalue weighted by Crippen LogP contribution is 2.38. The van der Waals surface area contributed by atoms with Gasteiger partial charge in [0.15, 0.2) is 0 Å². The molecule has 3 aromatic rings. The van der Waals surface area contributed by atoms with E-state index in [-0.39, 0.29) is 5.75 Å². The second kappa shape index (κ2) is 5.28. The fourth-order valence-corrected chi connectivity index (χ4v) is 2.31. The molecular formula is C16H15N3O2. The number of benzene rings is 1. The maximum atomic E-state index is 10.2. The maximum absolute atomic E-state index is 10.2. The molecule has 106 valence electrons. The molecule has 0 aliphatic carbocycles. The lowest BCUT2D eigenvalue weighted by atomic mass is 10.0. The molecule has 2 heterocycles. The van der Waals surface area contributed by atoms with Crippen molar-refractivity contribution in [1.29, 1.82) is 0 Å². The van der Waals surface area contributed by atoms with Crippen LogP contribution in [0.25, 0.3) is 22.5 Å². The van der Waals surface area contributed by atoms with Crippen LogP contribution in [0.3, 0.4) is 0 Å². The summed E-state index contributed by atoms with van der Waals surface area (Å²) in [4.78, 5) is 4.33. The highest BCUT2D eigenvalue weighted by Gasteiger charge is 2.16. The summed E-state index contributed by atoms with van der Waals surface area (Å²) < 4.78 is 5.21. The predicted molar refractivity (Wildman–Crippen MR) is 80.2 cm³/mol. The molecule has 0 aliphatic heterocycles. The van der Waals surface area contributed by atoms with Crippen LogP contribution in [0.5, 0.6) is 11.5 Å². The minimum absolute atomic E-state index is 0.138. The molecule has 2 N–H and O–H groups in total. The number of hydrogen-bond donors (Lipinski definition) is 2. The maximum Gasteiger partial charge on any atom is 0.128 e. The number of H-pyrrole nitrogens is 1. The van der Waals surface area contributed by atoms with Crippen LogP contribution < -0.4 is 4.74 Å². The first-order valence-corrected chi connectivity index (χ1v) is 6.53. The minimum Gasteiger partial charge on any atom is -0.507 e. The Balaban J connectivity index is 2.15. The lowest BCUT2D eigenvalue weighted by Crippen LogP contribution is -1.91. The molecule has 0 saturated carbocycles. The molecular weight excluding hydrogens is 266 g/mol. The van der Waals surface area contributed by atoms with Crippen LogP contribution in [0.15, 0.2) is 42.7 Å². The molecule has 0 unspecified atom stereocenters. The molecule has 2 aromatic heterocycles. The summed E-state index contributed by atoms with van der Waals surface area (Å²) in [6, 6.07) is 9.15. The van der Waals surface area contributed by atoms with Crippen molar-refractivity contribution in [3.63, 3.8) is 0 Å². The summed E-state index contributed by atoms with van der Waals surface area (Å²) in [5.74, 6) is 0.786. The van der Waals surface area contributed by atoms with E-state index in [1.54, 1.807) is 25.6 Å². The van der Waals surface area contributed by atoms with Crippen molar-refractivity contribution in [2.24, 2.45) is 0 Å². The van der Waals surface area contributed by atoms with Gasteiger partial charge in [-0.25, -0.2) is 0 Å². The van der Waals surface area contributed by atoms with Gasteiger partial charge in [0.25, 0.3) is 0 Å². The lowest BCUT2D eigenvalue weighted by Gasteiger charge is -2.10. The van der Waals surface area contributed by atoms with E-state index in [2.05, 4.69) is 15.2 Å². The molecule has 5 nitrogen and oxygen atoms in total. The van der Waals surface area contributed by atoms with Crippen LogP contribution in [0.4, 0.5) is 0 Å². The molecule has 21 heavy (non-hydrogen) atoms. The first-order chi connectivity index (χ1) is 10.2. The highest BCUT2D eigenvalue weighted by atomic mass is 16.5. The van der Waals surface area contributed by atoms with Crippen molar-refractivity contribution >= 4 is 0 Å². The number of phenolic OH excluding ortho intramolecular Hbond substituents is 1. The Morgan fingerprint density at radius 3 is 2.76 bits per heavy atom. The zero-order valence-corrected chi connectivity index (χ0v) is 11.8. The Morgan fingerprint density at radius 2 is 2.05 bits per heavy atom. The van der Waals surface area contributed by atoms with Crippen LogP contribution in [0.2, 0.25) is 0 Å². The van der Waals surface area contributed by atoms with Crippen LogP contribution in [-0.4, -0.2) is 27.4 Å². The van der Waals surface area contributed by atoms with E-state index in [9.17, 15) is 5.11 Å². The number of nitrogens with one attached hydrogen (secondary N) is 1. The largest absolute Gasteiger partial charge is 0.507 e. The Bertz CT molecular complexity index is 766. The summed E-state index contributed by atoms with van der Waals surface area (Å²) in [5.41, 5.74) is 3.99. The normalized spacial score (nSPS) is 10.6. The van der Waals surface area contributed by atoms with Gasteiger partial charge < -0.3 is 9.84 Å². The van der Waals surface area contributed by atoms with Gasteiger partial charge in [0, 0.05) is 23.4 Å². The number of methoxy groups -OCH3 is 1.